The van der Waals surface area contributed by atoms with Gasteiger partial charge in [-0.05, 0) is 43.7 Å². The van der Waals surface area contributed by atoms with E-state index in [1.165, 1.54) is 5.56 Å². The van der Waals surface area contributed by atoms with E-state index in [1.807, 2.05) is 19.1 Å². The van der Waals surface area contributed by atoms with Crippen molar-refractivity contribution in [3.63, 3.8) is 0 Å². The minimum absolute atomic E-state index is 0.194. The molecule has 2 aromatic rings. The van der Waals surface area contributed by atoms with E-state index < -0.39 is 0 Å². The molecule has 3 nitrogen and oxygen atoms in total. The summed E-state index contributed by atoms with van der Waals surface area (Å²) in [6.45, 7) is 4.55. The number of pyridine rings is 1. The predicted octanol–water partition coefficient (Wildman–Crippen LogP) is 3.71. The molecule has 1 heterocycles. The molecule has 2 N–H and O–H groups in total. The van der Waals surface area contributed by atoms with Gasteiger partial charge in [-0.25, -0.2) is 0 Å². The number of benzene rings is 1. The first-order chi connectivity index (χ1) is 9.06. The van der Waals surface area contributed by atoms with E-state index in [9.17, 15) is 5.11 Å². The molecule has 2 rings (SSSR count). The second-order valence-electron chi connectivity index (χ2n) is 4.58. The van der Waals surface area contributed by atoms with Gasteiger partial charge in [0.2, 0.25) is 0 Å². The zero-order chi connectivity index (χ0) is 13.8. The zero-order valence-corrected chi connectivity index (χ0v) is 12.6. The van der Waals surface area contributed by atoms with Crippen molar-refractivity contribution in [2.24, 2.45) is 0 Å². The lowest BCUT2D eigenvalue weighted by Crippen LogP contribution is -2.19. The summed E-state index contributed by atoms with van der Waals surface area (Å²) in [7, 11) is 0. The van der Waals surface area contributed by atoms with Crippen LogP contribution in [0, 0.1) is 6.92 Å². The number of aromatic hydroxyl groups is 1. The largest absolute Gasteiger partial charge is 0.506 e. The van der Waals surface area contributed by atoms with E-state index in [0.717, 1.165) is 10.2 Å². The van der Waals surface area contributed by atoms with E-state index in [1.54, 1.807) is 12.1 Å². The Kier molecular flexibility index (Phi) is 4.56. The van der Waals surface area contributed by atoms with Gasteiger partial charge in [0, 0.05) is 22.8 Å². The van der Waals surface area contributed by atoms with Crippen LogP contribution in [0.25, 0.3) is 0 Å². The first kappa shape index (κ1) is 14.0. The van der Waals surface area contributed by atoms with Crippen LogP contribution in [-0.2, 0) is 6.54 Å². The van der Waals surface area contributed by atoms with Crippen molar-refractivity contribution in [2.75, 3.05) is 0 Å². The van der Waals surface area contributed by atoms with Crippen molar-refractivity contribution in [3.05, 3.63) is 57.8 Å². The van der Waals surface area contributed by atoms with Gasteiger partial charge in [-0.3, -0.25) is 4.98 Å². The summed E-state index contributed by atoms with van der Waals surface area (Å²) in [5, 5.41) is 13.1. The molecule has 0 saturated carbocycles. The van der Waals surface area contributed by atoms with Gasteiger partial charge in [-0.1, -0.05) is 28.1 Å². The minimum atomic E-state index is 0.194. The van der Waals surface area contributed by atoms with Crippen molar-refractivity contribution in [3.8, 4) is 5.75 Å². The van der Waals surface area contributed by atoms with Crippen LogP contribution in [0.4, 0.5) is 0 Å². The number of aryl methyl sites for hydroxylation is 1. The van der Waals surface area contributed by atoms with E-state index >= 15 is 0 Å². The SMILES string of the molecule is Cc1ccc(O)c(CN[C@H](C)c2cccc(Br)c2)n1. The number of hydrogen-bond acceptors (Lipinski definition) is 3. The molecule has 100 valence electrons. The average Bonchev–Trinajstić information content (AvgIpc) is 2.39. The zero-order valence-electron chi connectivity index (χ0n) is 11.0. The molecule has 0 radical (unpaired) electrons. The molecule has 0 aliphatic carbocycles. The number of hydrogen-bond donors (Lipinski definition) is 2. The fourth-order valence-electron chi connectivity index (χ4n) is 1.88. The lowest BCUT2D eigenvalue weighted by molar-refractivity contribution is 0.454. The third-order valence-electron chi connectivity index (χ3n) is 3.01. The lowest BCUT2D eigenvalue weighted by atomic mass is 10.1. The Morgan fingerprint density at radius 1 is 1.32 bits per heavy atom. The van der Waals surface area contributed by atoms with Gasteiger partial charge in [0.05, 0.1) is 5.69 Å². The highest BCUT2D eigenvalue weighted by molar-refractivity contribution is 9.10. The molecule has 0 spiro atoms. The Morgan fingerprint density at radius 3 is 2.84 bits per heavy atom. The molecule has 4 heteroatoms. The van der Waals surface area contributed by atoms with Crippen LogP contribution < -0.4 is 5.32 Å². The fourth-order valence-corrected chi connectivity index (χ4v) is 2.29. The molecule has 0 bridgehead atoms. The van der Waals surface area contributed by atoms with Crippen molar-refractivity contribution < 1.29 is 5.11 Å². The summed E-state index contributed by atoms with van der Waals surface area (Å²) in [5.41, 5.74) is 2.79. The maximum Gasteiger partial charge on any atom is 0.138 e. The number of nitrogens with one attached hydrogen (secondary N) is 1. The highest BCUT2D eigenvalue weighted by atomic mass is 79.9. The van der Waals surface area contributed by atoms with Crippen LogP contribution >= 0.6 is 15.9 Å². The molecule has 0 saturated heterocycles. The molecule has 0 fully saturated rings. The minimum Gasteiger partial charge on any atom is -0.506 e. The number of halogens is 1. The van der Waals surface area contributed by atoms with Crippen molar-refractivity contribution in [2.45, 2.75) is 26.4 Å². The van der Waals surface area contributed by atoms with Gasteiger partial charge in [0.25, 0.3) is 0 Å². The van der Waals surface area contributed by atoms with Gasteiger partial charge in [-0.15, -0.1) is 0 Å². The van der Waals surface area contributed by atoms with Crippen molar-refractivity contribution >= 4 is 15.9 Å². The Bertz CT molecular complexity index is 572. The van der Waals surface area contributed by atoms with Crippen LogP contribution in [0.15, 0.2) is 40.9 Å². The van der Waals surface area contributed by atoms with E-state index in [4.69, 9.17) is 0 Å². The van der Waals surface area contributed by atoms with Gasteiger partial charge >= 0.3 is 0 Å². The third-order valence-corrected chi connectivity index (χ3v) is 3.51. The molecule has 1 atom stereocenters. The van der Waals surface area contributed by atoms with Crippen molar-refractivity contribution in [1.29, 1.82) is 0 Å². The average molecular weight is 321 g/mol. The molecule has 0 aliphatic rings. The molecule has 0 aliphatic heterocycles. The van der Waals surface area contributed by atoms with Crippen molar-refractivity contribution in [1.82, 2.24) is 10.3 Å². The van der Waals surface area contributed by atoms with Crippen LogP contribution in [-0.4, -0.2) is 10.1 Å². The summed E-state index contributed by atoms with van der Waals surface area (Å²) < 4.78 is 1.06. The highest BCUT2D eigenvalue weighted by Crippen LogP contribution is 2.19. The molecule has 1 aromatic carbocycles. The normalized spacial score (nSPS) is 12.4. The molecule has 0 unspecified atom stereocenters. The monoisotopic (exact) mass is 320 g/mol. The Balaban J connectivity index is 2.04. The summed E-state index contributed by atoms with van der Waals surface area (Å²) in [5.74, 6) is 0.236. The predicted molar refractivity (Wildman–Crippen MR) is 80.0 cm³/mol. The Labute approximate surface area is 121 Å². The quantitative estimate of drug-likeness (QED) is 0.902. The molecular formula is C15H17BrN2O. The topological polar surface area (TPSA) is 45.1 Å². The second-order valence-corrected chi connectivity index (χ2v) is 5.49. The van der Waals surface area contributed by atoms with Gasteiger partial charge in [0.15, 0.2) is 0 Å². The maximum atomic E-state index is 9.75. The molecular weight excluding hydrogens is 304 g/mol. The van der Waals surface area contributed by atoms with Crippen LogP contribution in [0.1, 0.15) is 29.9 Å². The van der Waals surface area contributed by atoms with E-state index in [2.05, 4.69) is 45.3 Å². The smallest absolute Gasteiger partial charge is 0.138 e. The Hall–Kier alpha value is -1.39. The lowest BCUT2D eigenvalue weighted by Gasteiger charge is -2.15. The first-order valence-electron chi connectivity index (χ1n) is 6.20. The van der Waals surface area contributed by atoms with Crippen LogP contribution in [0.2, 0.25) is 0 Å². The van der Waals surface area contributed by atoms with Crippen LogP contribution in [0.5, 0.6) is 5.75 Å². The highest BCUT2D eigenvalue weighted by Gasteiger charge is 2.08. The summed E-state index contributed by atoms with van der Waals surface area (Å²) in [6, 6.07) is 11.9. The summed E-state index contributed by atoms with van der Waals surface area (Å²) in [6.07, 6.45) is 0. The van der Waals surface area contributed by atoms with E-state index in [0.29, 0.717) is 12.2 Å². The Morgan fingerprint density at radius 2 is 2.11 bits per heavy atom. The first-order valence-corrected chi connectivity index (χ1v) is 7.00. The van der Waals surface area contributed by atoms with Gasteiger partial charge in [-0.2, -0.15) is 0 Å². The molecule has 19 heavy (non-hydrogen) atoms. The number of rotatable bonds is 4. The van der Waals surface area contributed by atoms with Gasteiger partial charge < -0.3 is 10.4 Å². The van der Waals surface area contributed by atoms with Gasteiger partial charge in [0.1, 0.15) is 5.75 Å². The maximum absolute atomic E-state index is 9.75. The third kappa shape index (κ3) is 3.78. The number of nitrogens with zero attached hydrogens (tertiary/aromatic N) is 1. The molecule has 0 amide bonds. The van der Waals surface area contributed by atoms with Crippen LogP contribution in [0.3, 0.4) is 0 Å². The molecule has 1 aromatic heterocycles. The number of aromatic nitrogens is 1. The summed E-state index contributed by atoms with van der Waals surface area (Å²) >= 11 is 3.47. The van der Waals surface area contributed by atoms with E-state index in [-0.39, 0.29) is 11.8 Å². The second kappa shape index (κ2) is 6.17. The standard InChI is InChI=1S/C15H17BrN2O/c1-10-6-7-15(19)14(18-10)9-17-11(2)12-4-3-5-13(16)8-12/h3-8,11,17,19H,9H2,1-2H3/t11-/m1/s1. The fraction of sp³-hybridized carbons (Fsp3) is 0.267. The summed E-state index contributed by atoms with van der Waals surface area (Å²) in [4.78, 5) is 4.33.